The van der Waals surface area contributed by atoms with Crippen LogP contribution in [0, 0.1) is 6.92 Å². The normalized spacial score (nSPS) is 11.4. The average molecular weight is 193 g/mol. The van der Waals surface area contributed by atoms with Gasteiger partial charge in [-0.2, -0.15) is 0 Å². The van der Waals surface area contributed by atoms with Crippen molar-refractivity contribution in [3.8, 4) is 0 Å². The fourth-order valence-electron chi connectivity index (χ4n) is 1.43. The zero-order valence-electron chi connectivity index (χ0n) is 8.66. The minimum absolute atomic E-state index is 0.597. The molecule has 0 spiro atoms. The van der Waals surface area contributed by atoms with E-state index in [9.17, 15) is 4.79 Å². The van der Waals surface area contributed by atoms with Gasteiger partial charge in [-0.05, 0) is 44.0 Å². The van der Waals surface area contributed by atoms with E-state index in [1.807, 2.05) is 13.0 Å². The quantitative estimate of drug-likeness (QED) is 0.705. The summed E-state index contributed by atoms with van der Waals surface area (Å²) < 4.78 is 0. The maximum Gasteiger partial charge on any atom is 0.313 e. The minimum Gasteiger partial charge on any atom is -0.481 e. The van der Waals surface area contributed by atoms with Crippen molar-refractivity contribution in [1.29, 1.82) is 0 Å². The maximum atomic E-state index is 11.0. The third-order valence-electron chi connectivity index (χ3n) is 2.47. The smallest absolute Gasteiger partial charge is 0.313 e. The van der Waals surface area contributed by atoms with Gasteiger partial charge in [-0.1, -0.05) is 6.07 Å². The van der Waals surface area contributed by atoms with Crippen molar-refractivity contribution >= 4 is 11.7 Å². The van der Waals surface area contributed by atoms with Crippen LogP contribution in [0.25, 0.3) is 0 Å². The Labute approximate surface area is 83.6 Å². The molecule has 0 aliphatic rings. The average Bonchev–Trinajstić information content (AvgIpc) is 2.08. The summed E-state index contributed by atoms with van der Waals surface area (Å²) in [5, 5.41) is 9.07. The number of benzene rings is 1. The topological polar surface area (TPSA) is 63.3 Å². The molecule has 1 rings (SSSR count). The van der Waals surface area contributed by atoms with Crippen LogP contribution < -0.4 is 5.73 Å². The van der Waals surface area contributed by atoms with Gasteiger partial charge in [0.1, 0.15) is 0 Å². The first-order valence-corrected chi connectivity index (χ1v) is 4.45. The van der Waals surface area contributed by atoms with Gasteiger partial charge in [-0.3, -0.25) is 4.79 Å². The first-order valence-electron chi connectivity index (χ1n) is 4.45. The summed E-state index contributed by atoms with van der Waals surface area (Å²) in [6.45, 7) is 5.24. The van der Waals surface area contributed by atoms with Crippen LogP contribution in [-0.2, 0) is 10.2 Å². The van der Waals surface area contributed by atoms with E-state index < -0.39 is 11.4 Å². The van der Waals surface area contributed by atoms with E-state index >= 15 is 0 Å². The van der Waals surface area contributed by atoms with E-state index in [0.29, 0.717) is 5.69 Å². The third-order valence-corrected chi connectivity index (χ3v) is 2.47. The summed E-state index contributed by atoms with van der Waals surface area (Å²) in [7, 11) is 0. The lowest BCUT2D eigenvalue weighted by atomic mass is 9.82. The van der Waals surface area contributed by atoms with Crippen molar-refractivity contribution in [3.05, 3.63) is 29.3 Å². The molecular weight excluding hydrogens is 178 g/mol. The molecule has 3 N–H and O–H groups in total. The van der Waals surface area contributed by atoms with Gasteiger partial charge < -0.3 is 10.8 Å². The van der Waals surface area contributed by atoms with Crippen LogP contribution in [0.3, 0.4) is 0 Å². The molecule has 0 heterocycles. The Hall–Kier alpha value is -1.51. The highest BCUT2D eigenvalue weighted by atomic mass is 16.4. The van der Waals surface area contributed by atoms with Gasteiger partial charge in [-0.25, -0.2) is 0 Å². The third kappa shape index (κ3) is 1.71. The number of carboxylic acids is 1. The second-order valence-electron chi connectivity index (χ2n) is 4.00. The number of carbonyl (C=O) groups is 1. The number of carboxylic acid groups (broad SMARTS) is 1. The van der Waals surface area contributed by atoms with Crippen molar-refractivity contribution < 1.29 is 9.90 Å². The molecule has 0 unspecified atom stereocenters. The molecule has 0 aliphatic carbocycles. The van der Waals surface area contributed by atoms with Crippen molar-refractivity contribution in [3.63, 3.8) is 0 Å². The molecule has 1 aromatic carbocycles. The van der Waals surface area contributed by atoms with Gasteiger partial charge in [0.25, 0.3) is 0 Å². The predicted molar refractivity (Wildman–Crippen MR) is 56.3 cm³/mol. The summed E-state index contributed by atoms with van der Waals surface area (Å²) in [5.74, 6) is -0.841. The molecule has 0 amide bonds. The standard InChI is InChI=1S/C11H15NO2/c1-7-4-5-8(12)6-9(7)11(2,3)10(13)14/h4-6H,12H2,1-3H3,(H,13,14). The molecule has 0 radical (unpaired) electrons. The highest BCUT2D eigenvalue weighted by molar-refractivity contribution is 5.81. The number of hydrogen-bond acceptors (Lipinski definition) is 2. The number of aryl methyl sites for hydroxylation is 1. The van der Waals surface area contributed by atoms with Crippen LogP contribution in [0.1, 0.15) is 25.0 Å². The van der Waals surface area contributed by atoms with E-state index in [4.69, 9.17) is 10.8 Å². The second-order valence-corrected chi connectivity index (χ2v) is 4.00. The Kier molecular flexibility index (Phi) is 2.51. The van der Waals surface area contributed by atoms with Crippen molar-refractivity contribution in [2.75, 3.05) is 5.73 Å². The van der Waals surface area contributed by atoms with Gasteiger partial charge in [0.05, 0.1) is 5.41 Å². The molecule has 0 aliphatic heterocycles. The number of nitrogen functional groups attached to an aromatic ring is 1. The molecular formula is C11H15NO2. The van der Waals surface area contributed by atoms with E-state index in [0.717, 1.165) is 11.1 Å². The first kappa shape index (κ1) is 10.6. The fraction of sp³-hybridized carbons (Fsp3) is 0.364. The van der Waals surface area contributed by atoms with Gasteiger partial charge in [0.15, 0.2) is 0 Å². The Balaban J connectivity index is 3.31. The van der Waals surface area contributed by atoms with Crippen LogP contribution in [0.2, 0.25) is 0 Å². The first-order chi connectivity index (χ1) is 6.35. The second kappa shape index (κ2) is 3.33. The number of hydrogen-bond donors (Lipinski definition) is 2. The Morgan fingerprint density at radius 3 is 2.50 bits per heavy atom. The fourth-order valence-corrected chi connectivity index (χ4v) is 1.43. The SMILES string of the molecule is Cc1ccc(N)cc1C(C)(C)C(=O)O. The summed E-state index contributed by atoms with van der Waals surface area (Å²) >= 11 is 0. The minimum atomic E-state index is -0.889. The van der Waals surface area contributed by atoms with Gasteiger partial charge in [0, 0.05) is 5.69 Å². The zero-order chi connectivity index (χ0) is 10.9. The molecule has 3 heteroatoms. The molecule has 0 atom stereocenters. The van der Waals surface area contributed by atoms with Gasteiger partial charge >= 0.3 is 5.97 Å². The van der Waals surface area contributed by atoms with E-state index in [1.165, 1.54) is 0 Å². The van der Waals surface area contributed by atoms with E-state index in [2.05, 4.69) is 0 Å². The lowest BCUT2D eigenvalue weighted by molar-refractivity contribution is -0.142. The molecule has 0 saturated carbocycles. The summed E-state index contributed by atoms with van der Waals surface area (Å²) in [5.41, 5.74) is 7.06. The van der Waals surface area contributed by atoms with Crippen LogP contribution >= 0.6 is 0 Å². The van der Waals surface area contributed by atoms with Crippen LogP contribution in [0.5, 0.6) is 0 Å². The summed E-state index contributed by atoms with van der Waals surface area (Å²) in [4.78, 5) is 11.0. The molecule has 0 fully saturated rings. The van der Waals surface area contributed by atoms with Crippen LogP contribution in [0.4, 0.5) is 5.69 Å². The molecule has 1 aromatic rings. The largest absolute Gasteiger partial charge is 0.481 e. The number of aliphatic carboxylic acids is 1. The van der Waals surface area contributed by atoms with Crippen molar-refractivity contribution in [1.82, 2.24) is 0 Å². The molecule has 0 saturated heterocycles. The number of nitrogens with two attached hydrogens (primary N) is 1. The highest BCUT2D eigenvalue weighted by Crippen LogP contribution is 2.28. The Morgan fingerprint density at radius 1 is 1.43 bits per heavy atom. The lowest BCUT2D eigenvalue weighted by Gasteiger charge is -2.22. The van der Waals surface area contributed by atoms with Crippen LogP contribution in [0.15, 0.2) is 18.2 Å². The number of anilines is 1. The van der Waals surface area contributed by atoms with Crippen molar-refractivity contribution in [2.24, 2.45) is 0 Å². The Bertz CT molecular complexity index is 370. The molecule has 76 valence electrons. The van der Waals surface area contributed by atoms with Gasteiger partial charge in [-0.15, -0.1) is 0 Å². The van der Waals surface area contributed by atoms with Crippen LogP contribution in [-0.4, -0.2) is 11.1 Å². The van der Waals surface area contributed by atoms with Crippen molar-refractivity contribution in [2.45, 2.75) is 26.2 Å². The maximum absolute atomic E-state index is 11.0. The summed E-state index contributed by atoms with van der Waals surface area (Å²) in [6.07, 6.45) is 0. The summed E-state index contributed by atoms with van der Waals surface area (Å²) in [6, 6.07) is 5.34. The van der Waals surface area contributed by atoms with E-state index in [1.54, 1.807) is 26.0 Å². The van der Waals surface area contributed by atoms with Gasteiger partial charge in [0.2, 0.25) is 0 Å². The number of rotatable bonds is 2. The van der Waals surface area contributed by atoms with E-state index in [-0.39, 0.29) is 0 Å². The monoisotopic (exact) mass is 193 g/mol. The zero-order valence-corrected chi connectivity index (χ0v) is 8.66. The Morgan fingerprint density at radius 2 is 2.00 bits per heavy atom. The molecule has 0 bridgehead atoms. The lowest BCUT2D eigenvalue weighted by Crippen LogP contribution is -2.29. The molecule has 14 heavy (non-hydrogen) atoms. The highest BCUT2D eigenvalue weighted by Gasteiger charge is 2.30. The molecule has 0 aromatic heterocycles. The molecule has 3 nitrogen and oxygen atoms in total. The predicted octanol–water partition coefficient (Wildman–Crippen LogP) is 1.94.